The third-order valence-corrected chi connectivity index (χ3v) is 9.22. The third kappa shape index (κ3) is 5.28. The van der Waals surface area contributed by atoms with Crippen LogP contribution in [0.25, 0.3) is 0 Å². The van der Waals surface area contributed by atoms with Gasteiger partial charge in [0.25, 0.3) is 17.4 Å². The lowest BCUT2D eigenvalue weighted by Gasteiger charge is -2.36. The molecule has 0 unspecified atom stereocenters. The van der Waals surface area contributed by atoms with Gasteiger partial charge in [-0.2, -0.15) is 0 Å². The summed E-state index contributed by atoms with van der Waals surface area (Å²) < 4.78 is 96.9. The van der Waals surface area contributed by atoms with Crippen LogP contribution < -0.4 is 20.5 Å². The molecular formula is C25H27F5N4O5S. The smallest absolute Gasteiger partial charge is 0.274 e. The first kappa shape index (κ1) is 28.3. The Morgan fingerprint density at radius 1 is 1.20 bits per heavy atom. The van der Waals surface area contributed by atoms with Crippen molar-refractivity contribution in [1.29, 1.82) is 0 Å². The summed E-state index contributed by atoms with van der Waals surface area (Å²) >= 11 is 0. The van der Waals surface area contributed by atoms with E-state index in [2.05, 4.69) is 10.0 Å². The molecule has 9 nitrogen and oxygen atoms in total. The molecule has 40 heavy (non-hydrogen) atoms. The Morgan fingerprint density at radius 2 is 1.93 bits per heavy atom. The zero-order valence-electron chi connectivity index (χ0n) is 21.0. The van der Waals surface area contributed by atoms with E-state index in [0.717, 1.165) is 10.6 Å². The lowest BCUT2D eigenvalue weighted by atomic mass is 9.88. The molecule has 2 atom stereocenters. The second kappa shape index (κ2) is 10.0. The summed E-state index contributed by atoms with van der Waals surface area (Å²) in [5.74, 6) is -6.17. The van der Waals surface area contributed by atoms with E-state index in [9.17, 15) is 35.6 Å². The number of anilines is 3. The molecule has 1 aliphatic heterocycles. The van der Waals surface area contributed by atoms with Crippen LogP contribution in [0.4, 0.5) is 39.0 Å². The average Bonchev–Trinajstić information content (AvgIpc) is 3.58. The first-order valence-corrected chi connectivity index (χ1v) is 14.3. The molecule has 3 N–H and O–H groups in total. The Hall–Kier alpha value is -3.20. The van der Waals surface area contributed by atoms with Crippen molar-refractivity contribution in [1.82, 2.24) is 4.57 Å². The van der Waals surface area contributed by atoms with E-state index in [4.69, 9.17) is 5.11 Å². The van der Waals surface area contributed by atoms with Crippen LogP contribution in [0.5, 0.6) is 0 Å². The van der Waals surface area contributed by atoms with Gasteiger partial charge in [0.15, 0.2) is 0 Å². The number of alkyl halides is 4. The summed E-state index contributed by atoms with van der Waals surface area (Å²) in [5.41, 5.74) is -3.02. The summed E-state index contributed by atoms with van der Waals surface area (Å²) in [6.45, 7) is -0.575. The highest BCUT2D eigenvalue weighted by Crippen LogP contribution is 2.62. The van der Waals surface area contributed by atoms with E-state index >= 15 is 4.39 Å². The van der Waals surface area contributed by atoms with Crippen LogP contribution in [0.2, 0.25) is 0 Å². The molecule has 2 saturated carbocycles. The number of sulfonamides is 1. The number of piperidine rings is 1. The molecule has 15 heteroatoms. The third-order valence-electron chi connectivity index (χ3n) is 7.96. The number of nitrogens with one attached hydrogen (secondary N) is 2. The molecule has 0 spiro atoms. The van der Waals surface area contributed by atoms with Crippen LogP contribution in [0, 0.1) is 17.2 Å². The lowest BCUT2D eigenvalue weighted by molar-refractivity contribution is -0.104. The summed E-state index contributed by atoms with van der Waals surface area (Å²) in [4.78, 5) is 27.8. The van der Waals surface area contributed by atoms with E-state index in [-0.39, 0.29) is 43.0 Å². The Kier molecular flexibility index (Phi) is 7.09. The zero-order chi connectivity index (χ0) is 29.0. The molecule has 1 aromatic heterocycles. The van der Waals surface area contributed by atoms with Crippen molar-refractivity contribution in [3.63, 3.8) is 0 Å². The molecule has 2 heterocycles. The standard InChI is InChI=1S/C25H27F5N4O5S/c26-17-8-15(32-40(38,39)7-6-35)9-19(33-5-3-24(23(27)28)10-14(24)13-33)20(17)21(36)31-18-2-1-4-34(22(18)37)16-11-25(29,30)12-16/h1-2,4,8-9,14,16,23,32,35H,3,5-7,10-13H2,(H,31,36)/t14-,24+/m1/s1. The maximum atomic E-state index is 15.5. The van der Waals surface area contributed by atoms with Gasteiger partial charge in [-0.1, -0.05) is 0 Å². The molecule has 1 saturated heterocycles. The minimum atomic E-state index is -4.06. The molecule has 2 aromatic rings. The highest BCUT2D eigenvalue weighted by Gasteiger charge is 2.62. The van der Waals surface area contributed by atoms with Crippen LogP contribution in [0.1, 0.15) is 42.1 Å². The van der Waals surface area contributed by atoms with Gasteiger partial charge in [-0.3, -0.25) is 14.3 Å². The van der Waals surface area contributed by atoms with Crippen LogP contribution in [-0.4, -0.2) is 61.8 Å². The topological polar surface area (TPSA) is 121 Å². The van der Waals surface area contributed by atoms with Crippen molar-refractivity contribution in [2.24, 2.45) is 11.3 Å². The number of halogens is 5. The minimum absolute atomic E-state index is 0.0431. The van der Waals surface area contributed by atoms with Gasteiger partial charge in [-0.05, 0) is 43.0 Å². The monoisotopic (exact) mass is 590 g/mol. The van der Waals surface area contributed by atoms with E-state index in [0.29, 0.717) is 0 Å². The Labute approximate surface area is 226 Å². The van der Waals surface area contributed by atoms with Crippen LogP contribution in [-0.2, 0) is 10.0 Å². The molecule has 0 bridgehead atoms. The summed E-state index contributed by atoms with van der Waals surface area (Å²) in [6.07, 6.45) is -1.95. The number of carbonyl (C=O) groups is 1. The van der Waals surface area contributed by atoms with Crippen molar-refractivity contribution < 1.29 is 40.3 Å². The second-order valence-electron chi connectivity index (χ2n) is 10.6. The first-order valence-electron chi connectivity index (χ1n) is 12.6. The molecule has 3 aliphatic rings. The van der Waals surface area contributed by atoms with Crippen molar-refractivity contribution >= 4 is 33.0 Å². The fourth-order valence-electron chi connectivity index (χ4n) is 5.63. The SMILES string of the molecule is O=C(Nc1cccn(C2CC(F)(F)C2)c1=O)c1c(F)cc(NS(=O)(=O)CCO)cc1N1CC[C@]2(C(F)F)C[C@@H]2C1. The van der Waals surface area contributed by atoms with Gasteiger partial charge in [0.1, 0.15) is 11.5 Å². The average molecular weight is 591 g/mol. The molecule has 1 aromatic carbocycles. The lowest BCUT2D eigenvalue weighted by Crippen LogP contribution is -2.41. The van der Waals surface area contributed by atoms with Gasteiger partial charge in [0.2, 0.25) is 16.4 Å². The molecule has 0 radical (unpaired) electrons. The number of benzene rings is 1. The number of hydrogen-bond acceptors (Lipinski definition) is 6. The highest BCUT2D eigenvalue weighted by atomic mass is 32.2. The Balaban J connectivity index is 1.47. The maximum Gasteiger partial charge on any atom is 0.274 e. The predicted octanol–water partition coefficient (Wildman–Crippen LogP) is 3.43. The predicted molar refractivity (Wildman–Crippen MR) is 136 cm³/mol. The quantitative estimate of drug-likeness (QED) is 0.385. The molecular weight excluding hydrogens is 563 g/mol. The number of aliphatic hydroxyl groups excluding tert-OH is 1. The van der Waals surface area contributed by atoms with Crippen molar-refractivity contribution in [2.45, 2.75) is 44.1 Å². The normalized spacial score (nSPS) is 23.9. The fraction of sp³-hybridized carbons (Fsp3) is 0.520. The minimum Gasteiger partial charge on any atom is -0.395 e. The number of carbonyl (C=O) groups excluding carboxylic acids is 1. The molecule has 218 valence electrons. The van der Waals surface area contributed by atoms with E-state index < -0.39 is 87.8 Å². The van der Waals surface area contributed by atoms with Gasteiger partial charge in [0, 0.05) is 43.6 Å². The van der Waals surface area contributed by atoms with E-state index in [1.807, 2.05) is 0 Å². The summed E-state index contributed by atoms with van der Waals surface area (Å²) in [6, 6.07) is 3.82. The van der Waals surface area contributed by atoms with Crippen LogP contribution >= 0.6 is 0 Å². The van der Waals surface area contributed by atoms with Gasteiger partial charge < -0.3 is 19.9 Å². The molecule has 2 aliphatic carbocycles. The van der Waals surface area contributed by atoms with Crippen molar-refractivity contribution in [2.75, 3.05) is 40.4 Å². The number of pyridine rings is 1. The number of amides is 1. The number of rotatable bonds is 9. The largest absolute Gasteiger partial charge is 0.395 e. The highest BCUT2D eigenvalue weighted by molar-refractivity contribution is 7.92. The number of fused-ring (bicyclic) bond motifs is 1. The number of nitrogens with zero attached hydrogens (tertiary/aromatic N) is 2. The maximum absolute atomic E-state index is 15.5. The van der Waals surface area contributed by atoms with Gasteiger partial charge in [-0.25, -0.2) is 30.4 Å². The van der Waals surface area contributed by atoms with Crippen molar-refractivity contribution in [3.8, 4) is 0 Å². The zero-order valence-corrected chi connectivity index (χ0v) is 21.9. The molecule has 1 amide bonds. The Morgan fingerprint density at radius 3 is 2.55 bits per heavy atom. The Bertz CT molecular complexity index is 1490. The second-order valence-corrected chi connectivity index (χ2v) is 12.5. The number of hydrogen-bond donors (Lipinski definition) is 3. The number of aliphatic hydroxyl groups is 1. The first-order chi connectivity index (χ1) is 18.7. The van der Waals surface area contributed by atoms with E-state index in [1.54, 1.807) is 0 Å². The van der Waals surface area contributed by atoms with Crippen molar-refractivity contribution in [3.05, 3.63) is 52.2 Å². The van der Waals surface area contributed by atoms with Crippen LogP contribution in [0.3, 0.4) is 0 Å². The number of aromatic nitrogens is 1. The van der Waals surface area contributed by atoms with Gasteiger partial charge in [0.05, 0.1) is 29.3 Å². The van der Waals surface area contributed by atoms with Gasteiger partial charge in [-0.15, -0.1) is 0 Å². The van der Waals surface area contributed by atoms with Crippen LogP contribution in [0.15, 0.2) is 35.3 Å². The summed E-state index contributed by atoms with van der Waals surface area (Å²) in [7, 11) is -4.06. The van der Waals surface area contributed by atoms with E-state index in [1.165, 1.54) is 29.3 Å². The van der Waals surface area contributed by atoms with Gasteiger partial charge >= 0.3 is 0 Å². The summed E-state index contributed by atoms with van der Waals surface area (Å²) in [5, 5.41) is 11.3. The fourth-order valence-corrected chi connectivity index (χ4v) is 6.45. The molecule has 5 rings (SSSR count). The molecule has 3 fully saturated rings.